The number of carbonyl (C=O) groups excluding carboxylic acids is 1. The molecule has 1 N–H and O–H groups in total. The van der Waals surface area contributed by atoms with E-state index in [9.17, 15) is 9.90 Å². The van der Waals surface area contributed by atoms with Gasteiger partial charge >= 0.3 is 0 Å². The minimum absolute atomic E-state index is 0.0807. The predicted molar refractivity (Wildman–Crippen MR) is 88.4 cm³/mol. The first-order valence-corrected chi connectivity index (χ1v) is 8.41. The van der Waals surface area contributed by atoms with Crippen molar-refractivity contribution in [2.45, 2.75) is 45.2 Å². The highest BCUT2D eigenvalue weighted by Gasteiger charge is 2.26. The number of hydrogen-bond donors (Lipinski definition) is 1. The van der Waals surface area contributed by atoms with Crippen LogP contribution >= 0.6 is 0 Å². The second-order valence-electron chi connectivity index (χ2n) is 6.06. The molecule has 1 amide bonds. The van der Waals surface area contributed by atoms with Crippen molar-refractivity contribution in [3.8, 4) is 0 Å². The van der Waals surface area contributed by atoms with E-state index in [1.165, 1.54) is 12.0 Å². The van der Waals surface area contributed by atoms with Gasteiger partial charge in [-0.1, -0.05) is 37.3 Å². The molecule has 0 radical (unpaired) electrons. The van der Waals surface area contributed by atoms with Crippen molar-refractivity contribution >= 4 is 5.91 Å². The molecule has 1 aromatic carbocycles. The molecule has 1 aliphatic rings. The SMILES string of the molecule is CC[C@H]1CCCCN1C(=O)CN(CCO)Cc1ccccc1. The normalized spacial score (nSPS) is 18.7. The second-order valence-corrected chi connectivity index (χ2v) is 6.06. The molecule has 1 saturated heterocycles. The number of aliphatic hydroxyl groups is 1. The monoisotopic (exact) mass is 304 g/mol. The Balaban J connectivity index is 1.95. The van der Waals surface area contributed by atoms with Crippen molar-refractivity contribution < 1.29 is 9.90 Å². The van der Waals surface area contributed by atoms with Crippen LogP contribution in [0.1, 0.15) is 38.2 Å². The first-order chi connectivity index (χ1) is 10.7. The van der Waals surface area contributed by atoms with Crippen molar-refractivity contribution in [1.29, 1.82) is 0 Å². The van der Waals surface area contributed by atoms with Crippen molar-refractivity contribution in [3.05, 3.63) is 35.9 Å². The van der Waals surface area contributed by atoms with Gasteiger partial charge in [-0.2, -0.15) is 0 Å². The van der Waals surface area contributed by atoms with Crippen molar-refractivity contribution in [1.82, 2.24) is 9.80 Å². The molecule has 2 rings (SSSR count). The van der Waals surface area contributed by atoms with Gasteiger partial charge in [0.05, 0.1) is 13.2 Å². The lowest BCUT2D eigenvalue weighted by atomic mass is 10.00. The number of nitrogens with zero attached hydrogens (tertiary/aromatic N) is 2. The van der Waals surface area contributed by atoms with Gasteiger partial charge in [0, 0.05) is 25.7 Å². The van der Waals surface area contributed by atoms with Crippen molar-refractivity contribution in [3.63, 3.8) is 0 Å². The van der Waals surface area contributed by atoms with Crippen LogP contribution in [-0.2, 0) is 11.3 Å². The molecule has 1 heterocycles. The Kier molecular flexibility index (Phi) is 6.87. The van der Waals surface area contributed by atoms with Gasteiger partial charge in [-0.05, 0) is 31.2 Å². The number of aliphatic hydroxyl groups excluding tert-OH is 1. The maximum atomic E-state index is 12.6. The average Bonchev–Trinajstić information content (AvgIpc) is 2.56. The summed E-state index contributed by atoms with van der Waals surface area (Å²) < 4.78 is 0. The van der Waals surface area contributed by atoms with Crippen LogP contribution in [-0.4, -0.2) is 53.1 Å². The number of hydrogen-bond acceptors (Lipinski definition) is 3. The summed E-state index contributed by atoms with van der Waals surface area (Å²) in [5.41, 5.74) is 1.18. The molecule has 0 spiro atoms. The van der Waals surface area contributed by atoms with E-state index in [1.54, 1.807) is 0 Å². The van der Waals surface area contributed by atoms with Gasteiger partial charge in [0.15, 0.2) is 0 Å². The van der Waals surface area contributed by atoms with E-state index in [0.717, 1.165) is 25.8 Å². The topological polar surface area (TPSA) is 43.8 Å². The Morgan fingerprint density at radius 3 is 2.77 bits per heavy atom. The summed E-state index contributed by atoms with van der Waals surface area (Å²) in [7, 11) is 0. The quantitative estimate of drug-likeness (QED) is 0.840. The molecule has 22 heavy (non-hydrogen) atoms. The van der Waals surface area contributed by atoms with Gasteiger partial charge in [-0.3, -0.25) is 9.69 Å². The van der Waals surface area contributed by atoms with Crippen LogP contribution < -0.4 is 0 Å². The van der Waals surface area contributed by atoms with Gasteiger partial charge in [0.1, 0.15) is 0 Å². The highest BCUT2D eigenvalue weighted by atomic mass is 16.3. The minimum atomic E-state index is 0.0807. The van der Waals surface area contributed by atoms with Gasteiger partial charge < -0.3 is 10.0 Å². The van der Waals surface area contributed by atoms with Crippen LogP contribution in [0.25, 0.3) is 0 Å². The lowest BCUT2D eigenvalue weighted by Gasteiger charge is -2.36. The van der Waals surface area contributed by atoms with Crippen LogP contribution in [0.5, 0.6) is 0 Å². The Bertz CT molecular complexity index is 450. The van der Waals surface area contributed by atoms with E-state index < -0.39 is 0 Å². The number of carbonyl (C=O) groups is 1. The average molecular weight is 304 g/mol. The van der Waals surface area contributed by atoms with Gasteiger partial charge in [0.25, 0.3) is 0 Å². The maximum Gasteiger partial charge on any atom is 0.237 e. The van der Waals surface area contributed by atoms with E-state index >= 15 is 0 Å². The standard InChI is InChI=1S/C18H28N2O2/c1-2-17-10-6-7-11-20(17)18(22)15-19(12-13-21)14-16-8-4-3-5-9-16/h3-5,8-9,17,21H,2,6-7,10-15H2,1H3/t17-/m0/s1. The van der Waals surface area contributed by atoms with E-state index in [1.807, 2.05) is 23.1 Å². The molecular weight excluding hydrogens is 276 g/mol. The summed E-state index contributed by atoms with van der Waals surface area (Å²) in [4.78, 5) is 16.7. The molecule has 1 atom stereocenters. The van der Waals surface area contributed by atoms with Gasteiger partial charge in [-0.15, -0.1) is 0 Å². The summed E-state index contributed by atoms with van der Waals surface area (Å²) >= 11 is 0. The minimum Gasteiger partial charge on any atom is -0.395 e. The van der Waals surface area contributed by atoms with Gasteiger partial charge in [-0.25, -0.2) is 0 Å². The first-order valence-electron chi connectivity index (χ1n) is 8.41. The summed E-state index contributed by atoms with van der Waals surface area (Å²) in [6.45, 7) is 4.76. The molecule has 1 aliphatic heterocycles. The smallest absolute Gasteiger partial charge is 0.237 e. The number of piperidine rings is 1. The molecule has 0 aromatic heterocycles. The maximum absolute atomic E-state index is 12.6. The van der Waals surface area contributed by atoms with Crippen LogP contribution in [0.15, 0.2) is 30.3 Å². The van der Waals surface area contributed by atoms with Gasteiger partial charge in [0.2, 0.25) is 5.91 Å². The molecule has 1 fully saturated rings. The first kappa shape index (κ1) is 17.0. The molecule has 4 nitrogen and oxygen atoms in total. The summed E-state index contributed by atoms with van der Waals surface area (Å²) in [5.74, 6) is 0.205. The number of rotatable bonds is 7. The summed E-state index contributed by atoms with van der Waals surface area (Å²) in [6, 6.07) is 10.5. The Hall–Kier alpha value is -1.39. The number of likely N-dealkylation sites (tertiary alicyclic amines) is 1. The van der Waals surface area contributed by atoms with Crippen molar-refractivity contribution in [2.24, 2.45) is 0 Å². The summed E-state index contributed by atoms with van der Waals surface area (Å²) in [5, 5.41) is 9.27. The molecule has 4 heteroatoms. The molecule has 0 aliphatic carbocycles. The van der Waals surface area contributed by atoms with Crippen LogP contribution in [0.2, 0.25) is 0 Å². The largest absolute Gasteiger partial charge is 0.395 e. The number of amides is 1. The van der Waals surface area contributed by atoms with E-state index in [0.29, 0.717) is 25.7 Å². The molecule has 0 bridgehead atoms. The van der Waals surface area contributed by atoms with Crippen molar-refractivity contribution in [2.75, 3.05) is 26.2 Å². The second kappa shape index (κ2) is 8.91. The third-order valence-corrected chi connectivity index (χ3v) is 4.44. The zero-order valence-corrected chi connectivity index (χ0v) is 13.6. The lowest BCUT2D eigenvalue weighted by Crippen LogP contribution is -2.48. The fourth-order valence-corrected chi connectivity index (χ4v) is 3.23. The zero-order chi connectivity index (χ0) is 15.8. The predicted octanol–water partition coefficient (Wildman–Crippen LogP) is 2.27. The fourth-order valence-electron chi connectivity index (χ4n) is 3.23. The van der Waals surface area contributed by atoms with Crippen LogP contribution in [0, 0.1) is 0 Å². The zero-order valence-electron chi connectivity index (χ0n) is 13.6. The van der Waals surface area contributed by atoms with Crippen LogP contribution in [0.4, 0.5) is 0 Å². The molecule has 1 aromatic rings. The van der Waals surface area contributed by atoms with E-state index in [-0.39, 0.29) is 12.5 Å². The Labute approximate surface area is 133 Å². The molecule has 0 saturated carbocycles. The van der Waals surface area contributed by atoms with E-state index in [2.05, 4.69) is 24.0 Å². The highest BCUT2D eigenvalue weighted by molar-refractivity contribution is 5.78. The fraction of sp³-hybridized carbons (Fsp3) is 0.611. The molecule has 0 unspecified atom stereocenters. The highest BCUT2D eigenvalue weighted by Crippen LogP contribution is 2.20. The number of benzene rings is 1. The lowest BCUT2D eigenvalue weighted by molar-refractivity contribution is -0.136. The van der Waals surface area contributed by atoms with Crippen LogP contribution in [0.3, 0.4) is 0 Å². The van der Waals surface area contributed by atoms with E-state index in [4.69, 9.17) is 0 Å². The summed E-state index contributed by atoms with van der Waals surface area (Å²) in [6.07, 6.45) is 4.50. The third kappa shape index (κ3) is 4.82. The third-order valence-electron chi connectivity index (χ3n) is 4.44. The molecular formula is C18H28N2O2. The molecule has 122 valence electrons. The Morgan fingerprint density at radius 2 is 2.09 bits per heavy atom. The Morgan fingerprint density at radius 1 is 1.32 bits per heavy atom.